The van der Waals surface area contributed by atoms with E-state index in [0.717, 1.165) is 39.1 Å². The van der Waals surface area contributed by atoms with Crippen LogP contribution in [0.5, 0.6) is 0 Å². The van der Waals surface area contributed by atoms with Crippen LogP contribution in [0.25, 0.3) is 110 Å². The first-order chi connectivity index (χ1) is 25.8. The number of hydrogen-bond donors (Lipinski definition) is 0. The van der Waals surface area contributed by atoms with Crippen LogP contribution in [0.2, 0.25) is 0 Å². The Morgan fingerprint density at radius 3 is 1.85 bits per heavy atom. The molecule has 240 valence electrons. The monoisotopic (exact) mass is 660 g/mol. The molecule has 4 heteroatoms. The Labute approximate surface area is 298 Å². The Hall–Kier alpha value is -7.04. The minimum absolute atomic E-state index is 1.00. The molecule has 0 bridgehead atoms. The summed E-state index contributed by atoms with van der Waals surface area (Å²) < 4.78 is 4.77. The van der Waals surface area contributed by atoms with Gasteiger partial charge in [0.15, 0.2) is 0 Å². The predicted octanol–water partition coefficient (Wildman–Crippen LogP) is 12.3. The third-order valence-corrected chi connectivity index (χ3v) is 11.1. The van der Waals surface area contributed by atoms with Gasteiger partial charge in [-0.15, -0.1) is 0 Å². The zero-order valence-corrected chi connectivity index (χ0v) is 28.0. The molecule has 0 atom stereocenters. The zero-order chi connectivity index (χ0) is 33.9. The molecule has 4 heterocycles. The molecule has 0 radical (unpaired) electrons. The van der Waals surface area contributed by atoms with E-state index < -0.39 is 0 Å². The van der Waals surface area contributed by atoms with E-state index in [4.69, 9.17) is 4.98 Å². The maximum absolute atomic E-state index is 5.07. The van der Waals surface area contributed by atoms with Crippen molar-refractivity contribution in [3.63, 3.8) is 0 Å². The molecule has 1 aliphatic rings. The summed E-state index contributed by atoms with van der Waals surface area (Å²) in [6.07, 6.45) is 5.91. The minimum atomic E-state index is 1.00. The van der Waals surface area contributed by atoms with E-state index in [9.17, 15) is 0 Å². The lowest BCUT2D eigenvalue weighted by molar-refractivity contribution is 1.15. The maximum Gasteiger partial charge on any atom is 0.0804 e. The van der Waals surface area contributed by atoms with Crippen molar-refractivity contribution in [2.75, 3.05) is 0 Å². The van der Waals surface area contributed by atoms with Crippen molar-refractivity contribution in [1.82, 2.24) is 19.1 Å². The number of para-hydroxylation sites is 2. The molecule has 11 aromatic rings. The lowest BCUT2D eigenvalue weighted by atomic mass is 10.00. The van der Waals surface area contributed by atoms with Crippen LogP contribution in [-0.4, -0.2) is 19.1 Å². The Morgan fingerprint density at radius 1 is 0.365 bits per heavy atom. The molecule has 0 saturated carbocycles. The zero-order valence-electron chi connectivity index (χ0n) is 28.0. The molecule has 0 fully saturated rings. The lowest BCUT2D eigenvalue weighted by Crippen LogP contribution is -1.96. The third-order valence-electron chi connectivity index (χ3n) is 11.1. The van der Waals surface area contributed by atoms with Gasteiger partial charge < -0.3 is 9.13 Å². The second-order valence-electron chi connectivity index (χ2n) is 13.9. The Balaban J connectivity index is 1.05. The Bertz CT molecular complexity index is 3290. The highest BCUT2D eigenvalue weighted by Crippen LogP contribution is 2.47. The van der Waals surface area contributed by atoms with E-state index in [1.165, 1.54) is 70.9 Å². The fraction of sp³-hybridized carbons (Fsp3) is 0. The topological polar surface area (TPSA) is 35.6 Å². The summed E-state index contributed by atoms with van der Waals surface area (Å²) in [5, 5.41) is 9.84. The molecular weight excluding hydrogens is 633 g/mol. The van der Waals surface area contributed by atoms with Crippen molar-refractivity contribution < 1.29 is 0 Å². The number of fused-ring (bicyclic) bond motifs is 10. The van der Waals surface area contributed by atoms with Gasteiger partial charge in [-0.1, -0.05) is 91.0 Å². The van der Waals surface area contributed by atoms with Gasteiger partial charge in [0, 0.05) is 61.5 Å². The predicted molar refractivity (Wildman–Crippen MR) is 216 cm³/mol. The summed E-state index contributed by atoms with van der Waals surface area (Å²) in [5.41, 5.74) is 13.9. The Morgan fingerprint density at radius 2 is 1.02 bits per heavy atom. The van der Waals surface area contributed by atoms with Crippen molar-refractivity contribution in [1.29, 1.82) is 0 Å². The maximum atomic E-state index is 5.07. The quantitative estimate of drug-likeness (QED) is 0.189. The second kappa shape index (κ2) is 10.3. The highest BCUT2D eigenvalue weighted by Gasteiger charge is 2.24. The van der Waals surface area contributed by atoms with E-state index in [1.54, 1.807) is 0 Å². The molecular formula is C48H28N4. The van der Waals surface area contributed by atoms with Gasteiger partial charge in [0.25, 0.3) is 0 Å². The van der Waals surface area contributed by atoms with Crippen LogP contribution in [0.15, 0.2) is 170 Å². The summed E-state index contributed by atoms with van der Waals surface area (Å²) in [7, 11) is 0. The lowest BCUT2D eigenvalue weighted by Gasteiger charge is -2.11. The van der Waals surface area contributed by atoms with Gasteiger partial charge in [-0.25, -0.2) is 0 Å². The number of rotatable bonds is 3. The molecule has 4 nitrogen and oxygen atoms in total. The van der Waals surface area contributed by atoms with Crippen LogP contribution in [-0.2, 0) is 0 Å². The van der Waals surface area contributed by atoms with E-state index in [1.807, 2.05) is 18.6 Å². The van der Waals surface area contributed by atoms with Crippen molar-refractivity contribution >= 4 is 65.2 Å². The number of hydrogen-bond acceptors (Lipinski definition) is 2. The first-order valence-corrected chi connectivity index (χ1v) is 17.7. The highest BCUT2D eigenvalue weighted by atomic mass is 15.0. The molecule has 1 aliphatic carbocycles. The number of nitrogens with zero attached hydrogens (tertiary/aromatic N) is 4. The molecule has 0 aliphatic heterocycles. The van der Waals surface area contributed by atoms with Crippen LogP contribution in [0.4, 0.5) is 0 Å². The summed E-state index contributed by atoms with van der Waals surface area (Å²) in [6, 6.07) is 55.4. The third kappa shape index (κ3) is 3.75. The van der Waals surface area contributed by atoms with Crippen molar-refractivity contribution in [3.8, 4) is 44.9 Å². The van der Waals surface area contributed by atoms with Crippen molar-refractivity contribution in [2.24, 2.45) is 0 Å². The number of aromatic nitrogens is 4. The van der Waals surface area contributed by atoms with Crippen LogP contribution < -0.4 is 0 Å². The SMILES string of the molecule is c1ccc(-n2c3ccc(-c4ccc5c(c4)c4ccccc4n5-c4cnc5c(c4)-c4cccc6cncc-5c46)cc3c3cc4ccccc4cc32)cc1. The number of pyridine rings is 2. The molecule has 0 N–H and O–H groups in total. The van der Waals surface area contributed by atoms with E-state index in [0.29, 0.717) is 0 Å². The first kappa shape index (κ1) is 27.7. The number of benzene rings is 7. The largest absolute Gasteiger partial charge is 0.309 e. The van der Waals surface area contributed by atoms with Crippen LogP contribution >= 0.6 is 0 Å². The molecule has 0 spiro atoms. The van der Waals surface area contributed by atoms with Gasteiger partial charge in [0.2, 0.25) is 0 Å². The van der Waals surface area contributed by atoms with Gasteiger partial charge in [-0.3, -0.25) is 9.97 Å². The molecule has 0 amide bonds. The smallest absolute Gasteiger partial charge is 0.0804 e. The molecule has 0 unspecified atom stereocenters. The summed E-state index contributed by atoms with van der Waals surface area (Å²) in [5.74, 6) is 0. The summed E-state index contributed by atoms with van der Waals surface area (Å²) in [4.78, 5) is 9.58. The molecule has 52 heavy (non-hydrogen) atoms. The standard InChI is InChI=1S/C48H28N4/c1-2-12-34(13-3-1)51-45-20-18-32(23-39(45)40-21-29-9-4-5-10-30(29)24-46(40)51)31-17-19-44-38(22-31)36-14-6-7-16-43(36)52(44)35-25-41-37-15-8-11-33-26-49-28-42(47(33)37)48(41)50-27-35/h1-28H. The first-order valence-electron chi connectivity index (χ1n) is 17.7. The minimum Gasteiger partial charge on any atom is -0.309 e. The van der Waals surface area contributed by atoms with Gasteiger partial charge in [-0.05, 0) is 88.1 Å². The molecule has 0 saturated heterocycles. The van der Waals surface area contributed by atoms with Crippen molar-refractivity contribution in [3.05, 3.63) is 170 Å². The van der Waals surface area contributed by atoms with Crippen LogP contribution in [0.3, 0.4) is 0 Å². The van der Waals surface area contributed by atoms with E-state index in [-0.39, 0.29) is 0 Å². The van der Waals surface area contributed by atoms with Crippen LogP contribution in [0.1, 0.15) is 0 Å². The van der Waals surface area contributed by atoms with Crippen LogP contribution in [0, 0.1) is 0 Å². The molecule has 12 rings (SSSR count). The average Bonchev–Trinajstić information content (AvgIpc) is 3.83. The fourth-order valence-electron chi connectivity index (χ4n) is 8.81. The highest BCUT2D eigenvalue weighted by molar-refractivity contribution is 6.16. The second-order valence-corrected chi connectivity index (χ2v) is 13.9. The molecule has 7 aromatic carbocycles. The van der Waals surface area contributed by atoms with Gasteiger partial charge in [0.1, 0.15) is 0 Å². The average molecular weight is 661 g/mol. The molecule has 4 aromatic heterocycles. The van der Waals surface area contributed by atoms with Gasteiger partial charge >= 0.3 is 0 Å². The summed E-state index contributed by atoms with van der Waals surface area (Å²) >= 11 is 0. The van der Waals surface area contributed by atoms with Gasteiger partial charge in [0.05, 0.1) is 39.6 Å². The Kier molecular flexibility index (Phi) is 5.47. The van der Waals surface area contributed by atoms with E-state index in [2.05, 4.69) is 166 Å². The van der Waals surface area contributed by atoms with E-state index >= 15 is 0 Å². The normalized spacial score (nSPS) is 12.2. The van der Waals surface area contributed by atoms with Crippen molar-refractivity contribution in [2.45, 2.75) is 0 Å². The summed E-state index contributed by atoms with van der Waals surface area (Å²) in [6.45, 7) is 0. The van der Waals surface area contributed by atoms with Gasteiger partial charge in [-0.2, -0.15) is 0 Å². The fourth-order valence-corrected chi connectivity index (χ4v) is 8.81.